The third-order valence-corrected chi connectivity index (χ3v) is 4.12. The van der Waals surface area contributed by atoms with E-state index in [-0.39, 0.29) is 23.8 Å². The number of carbonyl (C=O) groups excluding carboxylic acids is 2. The number of hydrogen-bond donors (Lipinski definition) is 2. The smallest absolute Gasteiger partial charge is 0.338 e. The highest BCUT2D eigenvalue weighted by Crippen LogP contribution is 2.19. The van der Waals surface area contributed by atoms with Crippen molar-refractivity contribution in [1.82, 2.24) is 5.32 Å². The number of nitrogens with one attached hydrogen (secondary N) is 1. The molecule has 0 bridgehead atoms. The minimum Gasteiger partial charge on any atom is -0.452 e. The summed E-state index contributed by atoms with van der Waals surface area (Å²) in [5.74, 6) is -0.955. The van der Waals surface area contributed by atoms with Crippen LogP contribution in [0.2, 0.25) is 5.02 Å². The normalized spacial score (nSPS) is 10.2. The number of thiophene rings is 1. The van der Waals surface area contributed by atoms with Crippen LogP contribution in [0.1, 0.15) is 15.2 Å². The van der Waals surface area contributed by atoms with E-state index in [1.165, 1.54) is 23.1 Å². The molecule has 0 atom stereocenters. The average Bonchev–Trinajstić information content (AvgIpc) is 3.01. The summed E-state index contributed by atoms with van der Waals surface area (Å²) in [5, 5.41) is 5.04. The number of rotatable bonds is 6. The molecule has 0 radical (unpaired) electrons. The summed E-state index contributed by atoms with van der Waals surface area (Å²) >= 11 is 7.41. The summed E-state index contributed by atoms with van der Waals surface area (Å²) in [7, 11) is 0. The third kappa shape index (κ3) is 4.75. The summed E-state index contributed by atoms with van der Waals surface area (Å²) in [6.45, 7) is 0.177. The molecule has 0 unspecified atom stereocenters. The van der Waals surface area contributed by atoms with Crippen molar-refractivity contribution >= 4 is 40.5 Å². The molecule has 5 nitrogen and oxygen atoms in total. The molecular formula is C15H15ClN2O3S. The lowest BCUT2D eigenvalue weighted by molar-refractivity contribution is -0.124. The van der Waals surface area contributed by atoms with Crippen molar-refractivity contribution in [2.24, 2.45) is 0 Å². The standard InChI is InChI=1S/C15H15ClN2O3S/c16-12-4-3-10(8-13(12)17)15(20)21-9-14(19)18-6-5-11-2-1-7-22-11/h1-4,7-8H,5-6,9,17H2,(H,18,19). The Morgan fingerprint density at radius 3 is 2.82 bits per heavy atom. The number of anilines is 1. The largest absolute Gasteiger partial charge is 0.452 e. The minimum atomic E-state index is -0.614. The molecule has 0 spiro atoms. The molecule has 0 fully saturated rings. The maximum absolute atomic E-state index is 11.8. The van der Waals surface area contributed by atoms with E-state index >= 15 is 0 Å². The molecule has 1 heterocycles. The van der Waals surface area contributed by atoms with E-state index in [0.29, 0.717) is 11.6 Å². The Kier molecular flexibility index (Phi) is 5.80. The molecular weight excluding hydrogens is 324 g/mol. The van der Waals surface area contributed by atoms with Gasteiger partial charge in [0.25, 0.3) is 5.91 Å². The predicted octanol–water partition coefficient (Wildman–Crippen LogP) is 2.50. The Morgan fingerprint density at radius 1 is 1.32 bits per heavy atom. The molecule has 0 aliphatic carbocycles. The van der Waals surface area contributed by atoms with Crippen LogP contribution in [0, 0.1) is 0 Å². The number of hydrogen-bond acceptors (Lipinski definition) is 5. The van der Waals surface area contributed by atoms with E-state index in [0.717, 1.165) is 6.42 Å². The third-order valence-electron chi connectivity index (χ3n) is 2.84. The van der Waals surface area contributed by atoms with Gasteiger partial charge in [0, 0.05) is 11.4 Å². The first-order valence-electron chi connectivity index (χ1n) is 6.57. The molecule has 2 rings (SSSR count). The van der Waals surface area contributed by atoms with Crippen molar-refractivity contribution in [3.63, 3.8) is 0 Å². The molecule has 22 heavy (non-hydrogen) atoms. The molecule has 0 aliphatic heterocycles. The summed E-state index contributed by atoms with van der Waals surface area (Å²) in [5.41, 5.74) is 6.15. The van der Waals surface area contributed by atoms with Gasteiger partial charge < -0.3 is 15.8 Å². The van der Waals surface area contributed by atoms with Crippen molar-refractivity contribution < 1.29 is 14.3 Å². The van der Waals surface area contributed by atoms with Gasteiger partial charge in [-0.3, -0.25) is 4.79 Å². The first kappa shape index (κ1) is 16.3. The van der Waals surface area contributed by atoms with Crippen LogP contribution >= 0.6 is 22.9 Å². The monoisotopic (exact) mass is 338 g/mol. The molecule has 0 saturated carbocycles. The second-order valence-electron chi connectivity index (χ2n) is 4.49. The van der Waals surface area contributed by atoms with E-state index in [2.05, 4.69) is 5.32 Å². The molecule has 116 valence electrons. The van der Waals surface area contributed by atoms with E-state index in [4.69, 9.17) is 22.1 Å². The fourth-order valence-electron chi connectivity index (χ4n) is 1.72. The molecule has 1 aromatic heterocycles. The second-order valence-corrected chi connectivity index (χ2v) is 5.93. The van der Waals surface area contributed by atoms with Gasteiger partial charge in [0.2, 0.25) is 0 Å². The van der Waals surface area contributed by atoms with Crippen molar-refractivity contribution in [1.29, 1.82) is 0 Å². The van der Waals surface area contributed by atoms with Gasteiger partial charge in [0.05, 0.1) is 16.3 Å². The van der Waals surface area contributed by atoms with Gasteiger partial charge in [0.1, 0.15) is 0 Å². The molecule has 1 amide bonds. The maximum Gasteiger partial charge on any atom is 0.338 e. The summed E-state index contributed by atoms with van der Waals surface area (Å²) in [4.78, 5) is 24.6. The van der Waals surface area contributed by atoms with Crippen molar-refractivity contribution in [2.75, 3.05) is 18.9 Å². The molecule has 0 saturated heterocycles. The van der Waals surface area contributed by atoms with E-state index < -0.39 is 5.97 Å². The van der Waals surface area contributed by atoms with Crippen LogP contribution in [0.15, 0.2) is 35.7 Å². The number of ether oxygens (including phenoxy) is 1. The number of carbonyl (C=O) groups is 2. The zero-order chi connectivity index (χ0) is 15.9. The van der Waals surface area contributed by atoms with Gasteiger partial charge in [-0.25, -0.2) is 4.79 Å². The molecule has 7 heteroatoms. The van der Waals surface area contributed by atoms with Gasteiger partial charge in [-0.2, -0.15) is 0 Å². The number of amides is 1. The topological polar surface area (TPSA) is 81.4 Å². The minimum absolute atomic E-state index is 0.258. The van der Waals surface area contributed by atoms with Gasteiger partial charge in [-0.1, -0.05) is 17.7 Å². The maximum atomic E-state index is 11.8. The van der Waals surface area contributed by atoms with Gasteiger partial charge in [0.15, 0.2) is 6.61 Å². The van der Waals surface area contributed by atoms with Crippen LogP contribution in [0.25, 0.3) is 0 Å². The highest BCUT2D eigenvalue weighted by Gasteiger charge is 2.11. The van der Waals surface area contributed by atoms with Crippen molar-refractivity contribution in [2.45, 2.75) is 6.42 Å². The van der Waals surface area contributed by atoms with Crippen LogP contribution in [-0.4, -0.2) is 25.0 Å². The Hall–Kier alpha value is -2.05. The van der Waals surface area contributed by atoms with Crippen molar-refractivity contribution in [3.8, 4) is 0 Å². The lowest BCUT2D eigenvalue weighted by Gasteiger charge is -2.07. The zero-order valence-corrected chi connectivity index (χ0v) is 13.2. The summed E-state index contributed by atoms with van der Waals surface area (Å²) in [6, 6.07) is 8.38. The summed E-state index contributed by atoms with van der Waals surface area (Å²) in [6.07, 6.45) is 0.755. The van der Waals surface area contributed by atoms with Crippen LogP contribution < -0.4 is 11.1 Å². The van der Waals surface area contributed by atoms with Crippen LogP contribution in [0.4, 0.5) is 5.69 Å². The fraction of sp³-hybridized carbons (Fsp3) is 0.200. The molecule has 2 aromatic rings. The Morgan fingerprint density at radius 2 is 2.14 bits per heavy atom. The van der Waals surface area contributed by atoms with E-state index in [1.54, 1.807) is 11.3 Å². The Labute approximate surface area is 137 Å². The van der Waals surface area contributed by atoms with E-state index in [1.807, 2.05) is 17.5 Å². The number of nitrogen functional groups attached to an aromatic ring is 1. The van der Waals surface area contributed by atoms with Crippen LogP contribution in [-0.2, 0) is 16.0 Å². The predicted molar refractivity (Wildman–Crippen MR) is 87.2 cm³/mol. The molecule has 1 aromatic carbocycles. The first-order chi connectivity index (χ1) is 10.6. The number of esters is 1. The van der Waals surface area contributed by atoms with Gasteiger partial charge >= 0.3 is 5.97 Å². The number of benzene rings is 1. The zero-order valence-electron chi connectivity index (χ0n) is 11.7. The van der Waals surface area contributed by atoms with Crippen LogP contribution in [0.3, 0.4) is 0 Å². The summed E-state index contributed by atoms with van der Waals surface area (Å²) < 4.78 is 4.93. The quantitative estimate of drug-likeness (QED) is 0.626. The first-order valence-corrected chi connectivity index (χ1v) is 7.83. The average molecular weight is 339 g/mol. The lowest BCUT2D eigenvalue weighted by atomic mass is 10.2. The highest BCUT2D eigenvalue weighted by molar-refractivity contribution is 7.09. The van der Waals surface area contributed by atoms with Gasteiger partial charge in [-0.05, 0) is 36.1 Å². The van der Waals surface area contributed by atoms with Gasteiger partial charge in [-0.15, -0.1) is 11.3 Å². The SMILES string of the molecule is Nc1cc(C(=O)OCC(=O)NCCc2cccs2)ccc1Cl. The second kappa shape index (κ2) is 7.82. The number of nitrogens with two attached hydrogens (primary N) is 1. The highest BCUT2D eigenvalue weighted by atomic mass is 35.5. The number of halogens is 1. The van der Waals surface area contributed by atoms with Crippen LogP contribution in [0.5, 0.6) is 0 Å². The van der Waals surface area contributed by atoms with E-state index in [9.17, 15) is 9.59 Å². The molecule has 0 aliphatic rings. The van der Waals surface area contributed by atoms with Crippen molar-refractivity contribution in [3.05, 3.63) is 51.2 Å². The lowest BCUT2D eigenvalue weighted by Crippen LogP contribution is -2.30. The fourth-order valence-corrected chi connectivity index (χ4v) is 2.54. The molecule has 3 N–H and O–H groups in total. The Balaban J connectivity index is 1.73. The Bertz CT molecular complexity index is 659.